The van der Waals surface area contributed by atoms with Crippen molar-refractivity contribution in [3.8, 4) is 0 Å². The lowest BCUT2D eigenvalue weighted by molar-refractivity contribution is 0.0897. The zero-order valence-corrected chi connectivity index (χ0v) is 13.5. The molecule has 0 radical (unpaired) electrons. The van der Waals surface area contributed by atoms with Gasteiger partial charge in [-0.15, -0.1) is 0 Å². The molecule has 6 heteroatoms. The van der Waals surface area contributed by atoms with Crippen molar-refractivity contribution >= 4 is 17.5 Å². The third-order valence-corrected chi connectivity index (χ3v) is 4.43. The van der Waals surface area contributed by atoms with Crippen molar-refractivity contribution in [2.45, 2.75) is 25.3 Å². The lowest BCUT2D eigenvalue weighted by Gasteiger charge is -2.29. The Kier molecular flexibility index (Phi) is 4.40. The van der Waals surface area contributed by atoms with Gasteiger partial charge in [-0.25, -0.2) is 0 Å². The number of hydrogen-bond donors (Lipinski definition) is 3. The number of anilines is 1. The molecule has 0 aliphatic heterocycles. The molecule has 3 rings (SSSR count). The molecule has 1 aromatic heterocycles. The average Bonchev–Trinajstić information content (AvgIpc) is 3.30. The van der Waals surface area contributed by atoms with Crippen molar-refractivity contribution in [1.82, 2.24) is 5.32 Å². The van der Waals surface area contributed by atoms with Crippen molar-refractivity contribution in [2.75, 3.05) is 11.9 Å². The molecule has 1 atom stereocenters. The van der Waals surface area contributed by atoms with Crippen LogP contribution in [0.25, 0.3) is 0 Å². The highest BCUT2D eigenvalue weighted by Gasteiger charge is 2.41. The Balaban J connectivity index is 1.70. The first-order valence-electron chi connectivity index (χ1n) is 7.99. The lowest BCUT2D eigenvalue weighted by Crippen LogP contribution is -2.53. The predicted molar refractivity (Wildman–Crippen MR) is 90.8 cm³/mol. The van der Waals surface area contributed by atoms with E-state index in [1.807, 2.05) is 6.92 Å². The summed E-state index contributed by atoms with van der Waals surface area (Å²) in [6, 6.07) is 10.0. The van der Waals surface area contributed by atoms with E-state index in [4.69, 9.17) is 10.2 Å². The zero-order valence-electron chi connectivity index (χ0n) is 13.5. The van der Waals surface area contributed by atoms with Crippen LogP contribution >= 0.6 is 0 Å². The second kappa shape index (κ2) is 6.49. The van der Waals surface area contributed by atoms with E-state index in [9.17, 15) is 9.59 Å². The van der Waals surface area contributed by atoms with E-state index in [2.05, 4.69) is 10.6 Å². The van der Waals surface area contributed by atoms with Crippen molar-refractivity contribution < 1.29 is 14.0 Å². The molecule has 1 aromatic carbocycles. The molecule has 6 nitrogen and oxygen atoms in total. The molecular weight excluding hydrogens is 306 g/mol. The molecule has 1 saturated carbocycles. The van der Waals surface area contributed by atoms with Gasteiger partial charge in [-0.3, -0.25) is 9.59 Å². The Bertz CT molecular complexity index is 738. The lowest BCUT2D eigenvalue weighted by atomic mass is 9.95. The van der Waals surface area contributed by atoms with E-state index in [1.165, 1.54) is 6.26 Å². The first kappa shape index (κ1) is 16.3. The topological polar surface area (TPSA) is 97.4 Å². The van der Waals surface area contributed by atoms with Gasteiger partial charge in [0.05, 0.1) is 11.8 Å². The molecule has 126 valence electrons. The fourth-order valence-corrected chi connectivity index (χ4v) is 2.71. The number of nitrogens with one attached hydrogen (secondary N) is 2. The van der Waals surface area contributed by atoms with Gasteiger partial charge in [0.15, 0.2) is 5.76 Å². The smallest absolute Gasteiger partial charge is 0.291 e. The minimum atomic E-state index is -0.384. The molecule has 24 heavy (non-hydrogen) atoms. The summed E-state index contributed by atoms with van der Waals surface area (Å²) < 4.78 is 5.05. The van der Waals surface area contributed by atoms with Crippen molar-refractivity contribution in [2.24, 2.45) is 11.7 Å². The largest absolute Gasteiger partial charge is 0.459 e. The Labute approximate surface area is 140 Å². The second-order valence-corrected chi connectivity index (χ2v) is 6.36. The number of carbonyl (C=O) groups excluding carboxylic acids is 2. The summed E-state index contributed by atoms with van der Waals surface area (Å²) >= 11 is 0. The monoisotopic (exact) mass is 327 g/mol. The van der Waals surface area contributed by atoms with Crippen LogP contribution in [0.5, 0.6) is 0 Å². The van der Waals surface area contributed by atoms with Crippen LogP contribution in [0.15, 0.2) is 47.1 Å². The normalized spacial score (nSPS) is 16.2. The Morgan fingerprint density at radius 2 is 2.04 bits per heavy atom. The van der Waals surface area contributed by atoms with Crippen LogP contribution < -0.4 is 16.4 Å². The molecule has 0 spiro atoms. The number of nitrogens with two attached hydrogens (primary N) is 1. The van der Waals surface area contributed by atoms with Gasteiger partial charge in [0.1, 0.15) is 0 Å². The van der Waals surface area contributed by atoms with E-state index >= 15 is 0 Å². The molecule has 2 aromatic rings. The fourth-order valence-electron chi connectivity index (χ4n) is 2.71. The summed E-state index contributed by atoms with van der Waals surface area (Å²) in [5.41, 5.74) is 6.47. The molecular formula is C18H21N3O3. The maximum absolute atomic E-state index is 12.5. The van der Waals surface area contributed by atoms with E-state index in [0.717, 1.165) is 12.8 Å². The second-order valence-electron chi connectivity index (χ2n) is 6.36. The first-order chi connectivity index (χ1) is 11.5. The average molecular weight is 327 g/mol. The van der Waals surface area contributed by atoms with E-state index in [-0.39, 0.29) is 23.1 Å². The van der Waals surface area contributed by atoms with Crippen LogP contribution in [0.1, 0.15) is 40.7 Å². The van der Waals surface area contributed by atoms with Crippen LogP contribution in [0, 0.1) is 5.92 Å². The quantitative estimate of drug-likeness (QED) is 0.759. The number of rotatable bonds is 6. The number of hydrogen-bond acceptors (Lipinski definition) is 4. The maximum atomic E-state index is 12.5. The van der Waals surface area contributed by atoms with Crippen LogP contribution in [0.4, 0.5) is 5.69 Å². The number of furan rings is 1. The van der Waals surface area contributed by atoms with Gasteiger partial charge in [0, 0.05) is 17.8 Å². The molecule has 1 aliphatic rings. The minimum Gasteiger partial charge on any atom is -0.459 e. The number of carbonyl (C=O) groups is 2. The highest BCUT2D eigenvalue weighted by Crippen LogP contribution is 2.39. The summed E-state index contributed by atoms with van der Waals surface area (Å²) in [6.45, 7) is 2.38. The summed E-state index contributed by atoms with van der Waals surface area (Å²) in [7, 11) is 0. The summed E-state index contributed by atoms with van der Waals surface area (Å²) in [5, 5.41) is 5.75. The predicted octanol–water partition coefficient (Wildman–Crippen LogP) is 2.39. The van der Waals surface area contributed by atoms with Gasteiger partial charge in [0.2, 0.25) is 0 Å². The summed E-state index contributed by atoms with van der Waals surface area (Å²) in [4.78, 5) is 24.5. The van der Waals surface area contributed by atoms with Crippen molar-refractivity contribution in [3.05, 3.63) is 54.0 Å². The molecule has 0 saturated heterocycles. The number of amides is 2. The standard InChI is InChI=1S/C18H21N3O3/c1-18(11-19,13-7-8-13)21-16(22)12-4-2-5-14(10-12)20-17(23)15-6-3-9-24-15/h2-6,9-10,13H,7-8,11,19H2,1H3,(H,20,23)(H,21,22). The SMILES string of the molecule is CC(CN)(NC(=O)c1cccc(NC(=O)c2ccco2)c1)C1CC1. The summed E-state index contributed by atoms with van der Waals surface area (Å²) in [5.74, 6) is 0.105. The van der Waals surface area contributed by atoms with Gasteiger partial charge in [-0.05, 0) is 56.0 Å². The van der Waals surface area contributed by atoms with E-state index in [0.29, 0.717) is 23.7 Å². The van der Waals surface area contributed by atoms with Crippen molar-refractivity contribution in [1.29, 1.82) is 0 Å². The third kappa shape index (κ3) is 3.49. The minimum absolute atomic E-state index is 0.191. The van der Waals surface area contributed by atoms with Gasteiger partial charge >= 0.3 is 0 Å². The van der Waals surface area contributed by atoms with Crippen LogP contribution in [-0.4, -0.2) is 23.9 Å². The van der Waals surface area contributed by atoms with E-state index < -0.39 is 0 Å². The van der Waals surface area contributed by atoms with Crippen LogP contribution in [-0.2, 0) is 0 Å². The molecule has 4 N–H and O–H groups in total. The molecule has 1 fully saturated rings. The molecule has 0 bridgehead atoms. The molecule has 1 unspecified atom stereocenters. The Morgan fingerprint density at radius 3 is 2.67 bits per heavy atom. The highest BCUT2D eigenvalue weighted by molar-refractivity contribution is 6.03. The van der Waals surface area contributed by atoms with E-state index in [1.54, 1.807) is 36.4 Å². The van der Waals surface area contributed by atoms with Gasteiger partial charge in [-0.1, -0.05) is 6.07 Å². The Hall–Kier alpha value is -2.60. The molecule has 1 heterocycles. The number of benzene rings is 1. The Morgan fingerprint density at radius 1 is 1.25 bits per heavy atom. The zero-order chi connectivity index (χ0) is 17.2. The van der Waals surface area contributed by atoms with Gasteiger partial charge in [-0.2, -0.15) is 0 Å². The molecule has 2 amide bonds. The van der Waals surface area contributed by atoms with Crippen LogP contribution in [0.2, 0.25) is 0 Å². The fraction of sp³-hybridized carbons (Fsp3) is 0.333. The van der Waals surface area contributed by atoms with Gasteiger partial charge in [0.25, 0.3) is 11.8 Å². The maximum Gasteiger partial charge on any atom is 0.291 e. The van der Waals surface area contributed by atoms with Gasteiger partial charge < -0.3 is 20.8 Å². The first-order valence-corrected chi connectivity index (χ1v) is 7.99. The van der Waals surface area contributed by atoms with Crippen molar-refractivity contribution in [3.63, 3.8) is 0 Å². The summed E-state index contributed by atoms with van der Waals surface area (Å²) in [6.07, 6.45) is 3.62. The molecule has 1 aliphatic carbocycles. The van der Waals surface area contributed by atoms with Crippen LogP contribution in [0.3, 0.4) is 0 Å². The third-order valence-electron chi connectivity index (χ3n) is 4.43. The highest BCUT2D eigenvalue weighted by atomic mass is 16.3.